The summed E-state index contributed by atoms with van der Waals surface area (Å²) in [5, 5.41) is 76.0. The molecule has 11 heteroatoms. The maximum Gasteiger partial charge on any atom is 0.249 e. The van der Waals surface area contributed by atoms with Crippen LogP contribution in [0.2, 0.25) is 0 Å². The molecule has 1 aliphatic heterocycles. The normalized spacial score (nSPS) is 20.4. The fourth-order valence-corrected chi connectivity index (χ4v) is 9.73. The lowest BCUT2D eigenvalue weighted by molar-refractivity contribution is -0.303. The van der Waals surface area contributed by atoms with Gasteiger partial charge in [0.05, 0.1) is 25.4 Å². The molecule has 11 nitrogen and oxygen atoms in total. The number of aliphatic hydroxyl groups excluding tert-OH is 7. The van der Waals surface area contributed by atoms with Crippen molar-refractivity contribution in [2.24, 2.45) is 0 Å². The SMILES string of the molecule is CCCCCCCCCCCCCC/C=C\CCCCCCCCCCCCCCCC(O)C(=O)NC(COC1OC(CO)C(O)C(O)C1O)C(O)C(O)CCCCCCCCCCCCCCC. The van der Waals surface area contributed by atoms with Gasteiger partial charge in [0.2, 0.25) is 5.91 Å². The molecule has 0 aliphatic carbocycles. The van der Waals surface area contributed by atoms with E-state index in [1.54, 1.807) is 0 Å². The fraction of sp³-hybridized carbons (Fsp3) is 0.948. The van der Waals surface area contributed by atoms with Crippen LogP contribution < -0.4 is 5.32 Å². The summed E-state index contributed by atoms with van der Waals surface area (Å²) < 4.78 is 11.1. The van der Waals surface area contributed by atoms with Crippen molar-refractivity contribution >= 4 is 5.91 Å². The highest BCUT2D eigenvalue weighted by Gasteiger charge is 2.44. The van der Waals surface area contributed by atoms with Gasteiger partial charge in [0, 0.05) is 0 Å². The van der Waals surface area contributed by atoms with Crippen LogP contribution in [0.1, 0.15) is 284 Å². The summed E-state index contributed by atoms with van der Waals surface area (Å²) in [6.45, 7) is 3.48. The third-order valence-corrected chi connectivity index (χ3v) is 14.6. The van der Waals surface area contributed by atoms with Crippen LogP contribution in [-0.2, 0) is 14.3 Å². The predicted octanol–water partition coefficient (Wildman–Crippen LogP) is 12.4. The van der Waals surface area contributed by atoms with Crippen molar-refractivity contribution in [3.8, 4) is 0 Å². The van der Waals surface area contributed by atoms with E-state index in [0.717, 1.165) is 38.5 Å². The maximum atomic E-state index is 13.2. The van der Waals surface area contributed by atoms with Crippen molar-refractivity contribution in [3.63, 3.8) is 0 Å². The summed E-state index contributed by atoms with van der Waals surface area (Å²) in [6.07, 6.45) is 44.2. The van der Waals surface area contributed by atoms with Gasteiger partial charge in [-0.25, -0.2) is 0 Å². The number of carbonyl (C=O) groups excluding carboxylic acids is 1. The number of aliphatic hydroxyl groups is 7. The lowest BCUT2D eigenvalue weighted by Gasteiger charge is -2.40. The fourth-order valence-electron chi connectivity index (χ4n) is 9.73. The Kier molecular flexibility index (Phi) is 45.7. The van der Waals surface area contributed by atoms with Crippen LogP contribution in [0.5, 0.6) is 0 Å². The molecule has 0 aromatic rings. The zero-order valence-corrected chi connectivity index (χ0v) is 44.8. The number of unbranched alkanes of at least 4 members (excludes halogenated alkanes) is 37. The van der Waals surface area contributed by atoms with Gasteiger partial charge in [0.25, 0.3) is 0 Å². The molecule has 0 aromatic heterocycles. The highest BCUT2D eigenvalue weighted by atomic mass is 16.7. The van der Waals surface area contributed by atoms with Crippen molar-refractivity contribution in [1.29, 1.82) is 0 Å². The molecular weight excluding hydrogens is 871 g/mol. The second-order valence-electron chi connectivity index (χ2n) is 21.1. The first-order valence-corrected chi connectivity index (χ1v) is 29.6. The minimum absolute atomic E-state index is 0.263. The molecule has 9 unspecified atom stereocenters. The molecule has 1 amide bonds. The molecule has 1 rings (SSSR count). The Morgan fingerprint density at radius 2 is 0.841 bits per heavy atom. The molecule has 0 radical (unpaired) electrons. The second kappa shape index (κ2) is 47.8. The zero-order valence-electron chi connectivity index (χ0n) is 44.8. The molecule has 1 aliphatic rings. The summed E-state index contributed by atoms with van der Waals surface area (Å²) in [4.78, 5) is 13.2. The average molecular weight is 985 g/mol. The molecule has 69 heavy (non-hydrogen) atoms. The number of rotatable bonds is 51. The van der Waals surface area contributed by atoms with E-state index >= 15 is 0 Å². The smallest absolute Gasteiger partial charge is 0.249 e. The number of hydrogen-bond acceptors (Lipinski definition) is 10. The van der Waals surface area contributed by atoms with Crippen molar-refractivity contribution in [3.05, 3.63) is 12.2 Å². The standard InChI is InChI=1S/C58H113NO10/c1-3-5-7-9-11-13-15-17-18-19-20-21-22-23-24-25-26-27-28-29-30-31-32-34-36-38-40-42-44-46-51(62)57(67)59-49(48-68-58-56(66)55(65)54(64)52(47-60)69-58)53(63)50(61)45-43-41-39-37-35-33-16-14-12-10-8-6-4-2/h23-24,49-56,58,60-66H,3-22,25-48H2,1-2H3,(H,59,67)/b24-23-. The number of carbonyl (C=O) groups is 1. The summed E-state index contributed by atoms with van der Waals surface area (Å²) in [5.41, 5.74) is 0. The van der Waals surface area contributed by atoms with Crippen LogP contribution in [0.3, 0.4) is 0 Å². The van der Waals surface area contributed by atoms with Crippen molar-refractivity contribution in [1.82, 2.24) is 5.32 Å². The van der Waals surface area contributed by atoms with Crippen LogP contribution in [0.4, 0.5) is 0 Å². The Balaban J connectivity index is 2.22. The zero-order chi connectivity index (χ0) is 50.4. The van der Waals surface area contributed by atoms with Gasteiger partial charge in [-0.05, 0) is 38.5 Å². The minimum Gasteiger partial charge on any atom is -0.394 e. The summed E-state index contributed by atoms with van der Waals surface area (Å²) >= 11 is 0. The molecule has 0 spiro atoms. The van der Waals surface area contributed by atoms with Crippen LogP contribution in [-0.4, -0.2) is 110 Å². The van der Waals surface area contributed by atoms with Crippen molar-refractivity contribution in [2.75, 3.05) is 13.2 Å². The number of ether oxygens (including phenoxy) is 2. The van der Waals surface area contributed by atoms with Gasteiger partial charge in [0.15, 0.2) is 6.29 Å². The molecule has 0 bridgehead atoms. The average Bonchev–Trinajstić information content (AvgIpc) is 3.35. The van der Waals surface area contributed by atoms with Gasteiger partial charge < -0.3 is 50.5 Å². The number of hydrogen-bond donors (Lipinski definition) is 8. The van der Waals surface area contributed by atoms with Crippen LogP contribution in [0.25, 0.3) is 0 Å². The van der Waals surface area contributed by atoms with E-state index in [2.05, 4.69) is 31.3 Å². The predicted molar refractivity (Wildman–Crippen MR) is 284 cm³/mol. The van der Waals surface area contributed by atoms with Gasteiger partial charge in [-0.2, -0.15) is 0 Å². The second-order valence-corrected chi connectivity index (χ2v) is 21.1. The first-order valence-electron chi connectivity index (χ1n) is 29.6. The van der Waals surface area contributed by atoms with E-state index in [-0.39, 0.29) is 6.42 Å². The lowest BCUT2D eigenvalue weighted by Crippen LogP contribution is -2.60. The van der Waals surface area contributed by atoms with Gasteiger partial charge >= 0.3 is 0 Å². The molecule has 0 aromatic carbocycles. The quantitative estimate of drug-likeness (QED) is 0.0215. The lowest BCUT2D eigenvalue weighted by atomic mass is 9.98. The minimum atomic E-state index is -1.66. The van der Waals surface area contributed by atoms with Crippen molar-refractivity contribution < 1.29 is 50.0 Å². The molecule has 8 N–H and O–H groups in total. The summed E-state index contributed by atoms with van der Waals surface area (Å²) in [7, 11) is 0. The van der Waals surface area contributed by atoms with Gasteiger partial charge in [-0.15, -0.1) is 0 Å². The van der Waals surface area contributed by atoms with E-state index in [1.807, 2.05) is 0 Å². The summed E-state index contributed by atoms with van der Waals surface area (Å²) in [6, 6.07) is -1.16. The van der Waals surface area contributed by atoms with E-state index in [4.69, 9.17) is 9.47 Å². The number of allylic oxidation sites excluding steroid dienone is 2. The third-order valence-electron chi connectivity index (χ3n) is 14.6. The highest BCUT2D eigenvalue weighted by Crippen LogP contribution is 2.24. The van der Waals surface area contributed by atoms with E-state index in [1.165, 1.54) is 205 Å². The molecule has 1 fully saturated rings. The molecule has 410 valence electrons. The first-order chi connectivity index (χ1) is 33.7. The first kappa shape index (κ1) is 65.9. The monoisotopic (exact) mass is 984 g/mol. The number of nitrogens with one attached hydrogen (secondary N) is 1. The third kappa shape index (κ3) is 36.4. The molecule has 1 saturated heterocycles. The van der Waals surface area contributed by atoms with Gasteiger partial charge in [-0.3, -0.25) is 4.79 Å². The van der Waals surface area contributed by atoms with Crippen LogP contribution >= 0.6 is 0 Å². The Labute approximate surface area is 423 Å². The maximum absolute atomic E-state index is 13.2. The Morgan fingerprint density at radius 1 is 0.493 bits per heavy atom. The van der Waals surface area contributed by atoms with Crippen LogP contribution in [0.15, 0.2) is 12.2 Å². The van der Waals surface area contributed by atoms with E-state index < -0.39 is 74.2 Å². The molecule has 0 saturated carbocycles. The molecule has 1 heterocycles. The topological polar surface area (TPSA) is 189 Å². The van der Waals surface area contributed by atoms with Gasteiger partial charge in [0.1, 0.15) is 36.6 Å². The summed E-state index contributed by atoms with van der Waals surface area (Å²) in [5.74, 6) is -0.693. The molecule has 9 atom stereocenters. The number of amides is 1. The van der Waals surface area contributed by atoms with E-state index in [0.29, 0.717) is 19.3 Å². The Hall–Kier alpha value is -1.15. The molecular formula is C58H113NO10. The van der Waals surface area contributed by atoms with Gasteiger partial charge in [-0.1, -0.05) is 257 Å². The van der Waals surface area contributed by atoms with E-state index in [9.17, 15) is 40.5 Å². The Morgan fingerprint density at radius 3 is 1.22 bits per heavy atom. The van der Waals surface area contributed by atoms with Crippen LogP contribution in [0, 0.1) is 0 Å². The largest absolute Gasteiger partial charge is 0.394 e. The highest BCUT2D eigenvalue weighted by molar-refractivity contribution is 5.80. The Bertz CT molecular complexity index is 1130. The van der Waals surface area contributed by atoms with Crippen molar-refractivity contribution in [2.45, 2.75) is 339 Å².